The van der Waals surface area contributed by atoms with Gasteiger partial charge in [-0.15, -0.1) is 12.4 Å². The van der Waals surface area contributed by atoms with Crippen LogP contribution in [0.25, 0.3) is 0 Å². The van der Waals surface area contributed by atoms with Crippen molar-refractivity contribution < 1.29 is 8.42 Å². The predicted molar refractivity (Wildman–Crippen MR) is 123 cm³/mol. The lowest BCUT2D eigenvalue weighted by Crippen LogP contribution is -2.37. The maximum atomic E-state index is 12.5. The molecule has 1 fully saturated rings. The van der Waals surface area contributed by atoms with E-state index in [0.29, 0.717) is 18.4 Å². The summed E-state index contributed by atoms with van der Waals surface area (Å²) in [6, 6.07) is 17.8. The van der Waals surface area contributed by atoms with Crippen molar-refractivity contribution in [2.45, 2.75) is 62.2 Å². The second kappa shape index (κ2) is 9.63. The van der Waals surface area contributed by atoms with Gasteiger partial charge < -0.3 is 5.32 Å². The molecule has 2 aliphatic rings. The molecule has 1 N–H and O–H groups in total. The monoisotopic (exact) mass is 433 g/mol. The van der Waals surface area contributed by atoms with Gasteiger partial charge >= 0.3 is 0 Å². The highest BCUT2D eigenvalue weighted by molar-refractivity contribution is 7.92. The van der Waals surface area contributed by atoms with E-state index in [-0.39, 0.29) is 23.4 Å². The largest absolute Gasteiger partial charge is 0.316 e. The lowest BCUT2D eigenvalue weighted by atomic mass is 9.75. The number of benzene rings is 2. The van der Waals surface area contributed by atoms with E-state index in [1.165, 1.54) is 16.7 Å². The Morgan fingerprint density at radius 1 is 1.00 bits per heavy atom. The lowest BCUT2D eigenvalue weighted by molar-refractivity contribution is 0.409. The van der Waals surface area contributed by atoms with Gasteiger partial charge in [-0.2, -0.15) is 0 Å². The molecule has 2 unspecified atom stereocenters. The van der Waals surface area contributed by atoms with Gasteiger partial charge in [0.05, 0.1) is 11.0 Å². The Hall–Kier alpha value is -1.36. The van der Waals surface area contributed by atoms with E-state index in [4.69, 9.17) is 0 Å². The third kappa shape index (κ3) is 5.04. The minimum Gasteiger partial charge on any atom is -0.316 e. The summed E-state index contributed by atoms with van der Waals surface area (Å²) < 4.78 is 24.9. The molecule has 2 aromatic carbocycles. The Kier molecular flexibility index (Phi) is 7.42. The predicted octanol–water partition coefficient (Wildman–Crippen LogP) is 4.48. The first-order valence-corrected chi connectivity index (χ1v) is 12.3. The van der Waals surface area contributed by atoms with Crippen LogP contribution in [0.5, 0.6) is 0 Å². The van der Waals surface area contributed by atoms with E-state index in [1.807, 2.05) is 0 Å². The molecule has 1 saturated carbocycles. The molecule has 0 radical (unpaired) electrons. The molecule has 29 heavy (non-hydrogen) atoms. The maximum absolute atomic E-state index is 12.5. The number of fused-ring (bicyclic) bond motifs is 1. The molecule has 0 aliphatic heterocycles. The molecule has 4 rings (SSSR count). The summed E-state index contributed by atoms with van der Waals surface area (Å²) in [5, 5.41) is 3.45. The summed E-state index contributed by atoms with van der Waals surface area (Å²) in [5.74, 6) is 0.717. The van der Waals surface area contributed by atoms with Crippen LogP contribution in [-0.2, 0) is 29.1 Å². The number of nitrogens with one attached hydrogen (secondary N) is 1. The van der Waals surface area contributed by atoms with Crippen molar-refractivity contribution in [3.8, 4) is 0 Å². The van der Waals surface area contributed by atoms with Crippen LogP contribution >= 0.6 is 12.4 Å². The zero-order valence-corrected chi connectivity index (χ0v) is 18.8. The molecule has 2 aliphatic carbocycles. The summed E-state index contributed by atoms with van der Waals surface area (Å²) in [6.07, 6.45) is 6.67. The zero-order valence-electron chi connectivity index (χ0n) is 17.1. The van der Waals surface area contributed by atoms with E-state index >= 15 is 0 Å². The number of likely N-dealkylation sites (N-methyl/N-ethyl adjacent to an activating group) is 1. The van der Waals surface area contributed by atoms with Gasteiger partial charge in [0.25, 0.3) is 0 Å². The smallest absolute Gasteiger partial charge is 0.153 e. The topological polar surface area (TPSA) is 46.2 Å². The van der Waals surface area contributed by atoms with Gasteiger partial charge in [0, 0.05) is 12.0 Å². The summed E-state index contributed by atoms with van der Waals surface area (Å²) in [4.78, 5) is 0. The molecule has 0 aromatic heterocycles. The van der Waals surface area contributed by atoms with Crippen molar-refractivity contribution >= 4 is 22.2 Å². The third-order valence-electron chi connectivity index (χ3n) is 6.72. The highest BCUT2D eigenvalue weighted by atomic mass is 35.5. The Balaban J connectivity index is 0.00000240. The molecular formula is C24H32ClNO2S. The summed E-state index contributed by atoms with van der Waals surface area (Å²) in [5.41, 5.74) is 5.36. The fourth-order valence-electron chi connectivity index (χ4n) is 4.72. The van der Waals surface area contributed by atoms with E-state index in [0.717, 1.165) is 44.1 Å². The van der Waals surface area contributed by atoms with E-state index < -0.39 is 9.84 Å². The first kappa shape index (κ1) is 22.3. The first-order valence-electron chi connectivity index (χ1n) is 10.6. The molecule has 0 bridgehead atoms. The van der Waals surface area contributed by atoms with Crippen molar-refractivity contribution in [3.05, 3.63) is 70.8 Å². The molecule has 0 saturated heterocycles. The van der Waals surface area contributed by atoms with E-state index in [1.54, 1.807) is 0 Å². The van der Waals surface area contributed by atoms with Crippen LogP contribution in [0.3, 0.4) is 0 Å². The zero-order chi connectivity index (χ0) is 19.6. The minimum absolute atomic E-state index is 0. The average Bonchev–Trinajstić information content (AvgIpc) is 2.66. The van der Waals surface area contributed by atoms with Gasteiger partial charge in [0.15, 0.2) is 9.84 Å². The van der Waals surface area contributed by atoms with Crippen LogP contribution in [0.2, 0.25) is 0 Å². The van der Waals surface area contributed by atoms with Crippen molar-refractivity contribution in [2.75, 3.05) is 12.8 Å². The minimum atomic E-state index is -2.93. The third-order valence-corrected chi connectivity index (χ3v) is 8.98. The van der Waals surface area contributed by atoms with E-state index in [9.17, 15) is 8.42 Å². The van der Waals surface area contributed by atoms with Crippen LogP contribution in [-0.4, -0.2) is 32.5 Å². The van der Waals surface area contributed by atoms with Crippen molar-refractivity contribution in [3.63, 3.8) is 0 Å². The van der Waals surface area contributed by atoms with Gasteiger partial charge in [-0.3, -0.25) is 0 Å². The molecule has 2 aromatic rings. The molecular weight excluding hydrogens is 402 g/mol. The highest BCUT2D eigenvalue weighted by Crippen LogP contribution is 2.35. The number of rotatable bonds is 7. The number of hydrogen-bond acceptors (Lipinski definition) is 3. The van der Waals surface area contributed by atoms with Crippen LogP contribution in [0.1, 0.15) is 53.9 Å². The summed E-state index contributed by atoms with van der Waals surface area (Å²) in [6.45, 7) is 0. The summed E-state index contributed by atoms with van der Waals surface area (Å²) >= 11 is 0. The van der Waals surface area contributed by atoms with Crippen LogP contribution in [0, 0.1) is 0 Å². The second-order valence-corrected chi connectivity index (χ2v) is 10.8. The first-order chi connectivity index (χ1) is 13.6. The molecule has 5 heteroatoms. The Morgan fingerprint density at radius 2 is 1.76 bits per heavy atom. The Labute approximate surface area is 181 Å². The molecule has 0 amide bonds. The number of aryl methyl sites for hydroxylation is 2. The van der Waals surface area contributed by atoms with Crippen molar-refractivity contribution in [2.24, 2.45) is 0 Å². The number of sulfone groups is 1. The lowest BCUT2D eigenvalue weighted by Gasteiger charge is -2.34. The average molecular weight is 434 g/mol. The summed E-state index contributed by atoms with van der Waals surface area (Å²) in [7, 11) is -0.875. The van der Waals surface area contributed by atoms with Crippen LogP contribution in [0.15, 0.2) is 48.5 Å². The quantitative estimate of drug-likeness (QED) is 0.700. The SMILES string of the molecule is CNC1CCc2ccc(CCS(=O)(=O)C3CCC3)cc2C1Cc1ccccc1.Cl. The second-order valence-electron chi connectivity index (χ2n) is 8.43. The fourth-order valence-corrected chi connectivity index (χ4v) is 6.63. The molecule has 0 spiro atoms. The van der Waals surface area contributed by atoms with Gasteiger partial charge in [0.2, 0.25) is 0 Å². The normalized spacial score (nSPS) is 21.7. The van der Waals surface area contributed by atoms with Crippen molar-refractivity contribution in [1.29, 1.82) is 0 Å². The standard InChI is InChI=1S/C24H31NO2S.ClH/c1-25-24-13-12-20-11-10-19(14-15-28(26,27)21-8-5-9-21)16-22(20)23(24)17-18-6-3-2-4-7-18;/h2-4,6-7,10-11,16,21,23-25H,5,8-9,12-15,17H2,1H3;1H. The van der Waals surface area contributed by atoms with Crippen molar-refractivity contribution in [1.82, 2.24) is 5.32 Å². The maximum Gasteiger partial charge on any atom is 0.153 e. The fraction of sp³-hybridized carbons (Fsp3) is 0.500. The highest BCUT2D eigenvalue weighted by Gasteiger charge is 2.31. The molecule has 0 heterocycles. The Bertz CT molecular complexity index is 910. The van der Waals surface area contributed by atoms with Crippen LogP contribution in [0.4, 0.5) is 0 Å². The molecule has 3 nitrogen and oxygen atoms in total. The van der Waals surface area contributed by atoms with E-state index in [2.05, 4.69) is 60.9 Å². The van der Waals surface area contributed by atoms with Gasteiger partial charge in [-0.25, -0.2) is 8.42 Å². The molecule has 2 atom stereocenters. The van der Waals surface area contributed by atoms with Gasteiger partial charge in [-0.05, 0) is 67.8 Å². The van der Waals surface area contributed by atoms with Gasteiger partial charge in [0.1, 0.15) is 0 Å². The van der Waals surface area contributed by atoms with Gasteiger partial charge in [-0.1, -0.05) is 55.0 Å². The Morgan fingerprint density at radius 3 is 2.41 bits per heavy atom. The number of halogens is 1. The number of hydrogen-bond donors (Lipinski definition) is 1. The van der Waals surface area contributed by atoms with Crippen LogP contribution < -0.4 is 5.32 Å². The molecule has 158 valence electrons.